The van der Waals surface area contributed by atoms with E-state index < -0.39 is 0 Å². The number of nitrogens with zero attached hydrogens (tertiary/aromatic N) is 2. The van der Waals surface area contributed by atoms with Crippen LogP contribution in [0.1, 0.15) is 52.4 Å². The van der Waals surface area contributed by atoms with E-state index in [0.29, 0.717) is 6.04 Å². The second kappa shape index (κ2) is 9.78. The smallest absolute Gasteiger partial charge is 0.0613 e. The van der Waals surface area contributed by atoms with Crippen LogP contribution in [0.2, 0.25) is 0 Å². The summed E-state index contributed by atoms with van der Waals surface area (Å²) in [5.41, 5.74) is -0.0411. The number of aliphatic hydroxyl groups excluding tert-OH is 1. The molecule has 4 heteroatoms. The molecule has 0 bridgehead atoms. The summed E-state index contributed by atoms with van der Waals surface area (Å²) < 4.78 is 0. The molecule has 2 N–H and O–H groups in total. The molecule has 1 rings (SSSR count). The third-order valence-electron chi connectivity index (χ3n) is 4.60. The molecular formula is C17H37N3O. The highest BCUT2D eigenvalue weighted by Gasteiger charge is 2.33. The molecule has 0 saturated heterocycles. The second-order valence-corrected chi connectivity index (χ2v) is 6.96. The Kier molecular flexibility index (Phi) is 8.79. The van der Waals surface area contributed by atoms with Crippen molar-refractivity contribution >= 4 is 0 Å². The van der Waals surface area contributed by atoms with Crippen LogP contribution < -0.4 is 5.32 Å². The van der Waals surface area contributed by atoms with E-state index in [9.17, 15) is 5.11 Å². The molecule has 1 aliphatic carbocycles. The fourth-order valence-electron chi connectivity index (χ4n) is 2.88. The minimum absolute atomic E-state index is 0.0411. The molecule has 0 aliphatic heterocycles. The van der Waals surface area contributed by atoms with Gasteiger partial charge in [0.2, 0.25) is 0 Å². The molecule has 0 aromatic rings. The monoisotopic (exact) mass is 299 g/mol. The highest BCUT2D eigenvalue weighted by Crippen LogP contribution is 2.26. The van der Waals surface area contributed by atoms with Crippen LogP contribution in [0.25, 0.3) is 0 Å². The van der Waals surface area contributed by atoms with Gasteiger partial charge in [-0.05, 0) is 65.7 Å². The first kappa shape index (κ1) is 18.9. The van der Waals surface area contributed by atoms with E-state index in [2.05, 4.69) is 43.1 Å². The van der Waals surface area contributed by atoms with Gasteiger partial charge in [-0.3, -0.25) is 0 Å². The first-order valence-electron chi connectivity index (χ1n) is 8.81. The Labute approximate surface area is 131 Å². The highest BCUT2D eigenvalue weighted by molar-refractivity contribution is 4.94. The van der Waals surface area contributed by atoms with E-state index >= 15 is 0 Å². The summed E-state index contributed by atoms with van der Waals surface area (Å²) in [6.45, 7) is 9.32. The molecule has 0 heterocycles. The number of likely N-dealkylation sites (N-methyl/N-ethyl adjacent to an activating group) is 1. The van der Waals surface area contributed by atoms with Crippen molar-refractivity contribution in [3.05, 3.63) is 0 Å². The van der Waals surface area contributed by atoms with Crippen molar-refractivity contribution in [2.75, 3.05) is 46.9 Å². The van der Waals surface area contributed by atoms with Gasteiger partial charge >= 0.3 is 0 Å². The molecule has 0 radical (unpaired) electrons. The van der Waals surface area contributed by atoms with Gasteiger partial charge in [-0.25, -0.2) is 0 Å². The van der Waals surface area contributed by atoms with Crippen LogP contribution in [0, 0.1) is 0 Å². The average Bonchev–Trinajstić information content (AvgIpc) is 3.27. The standard InChI is InChI=1S/C17H37N3O/c1-5-11-20(14-13-19(3)4)12-7-10-17(6-2,15-21)18-16-8-9-16/h16,18,21H,5-15H2,1-4H3. The summed E-state index contributed by atoms with van der Waals surface area (Å²) >= 11 is 0. The van der Waals surface area contributed by atoms with E-state index in [1.807, 2.05) is 0 Å². The van der Waals surface area contributed by atoms with Crippen LogP contribution in [-0.4, -0.2) is 73.4 Å². The van der Waals surface area contributed by atoms with Crippen LogP contribution in [0.15, 0.2) is 0 Å². The van der Waals surface area contributed by atoms with Gasteiger partial charge in [0.05, 0.1) is 6.61 Å². The van der Waals surface area contributed by atoms with Crippen LogP contribution >= 0.6 is 0 Å². The lowest BCUT2D eigenvalue weighted by Gasteiger charge is -2.33. The Morgan fingerprint density at radius 1 is 1.10 bits per heavy atom. The van der Waals surface area contributed by atoms with Crippen LogP contribution in [0.3, 0.4) is 0 Å². The van der Waals surface area contributed by atoms with E-state index in [1.54, 1.807) is 0 Å². The summed E-state index contributed by atoms with van der Waals surface area (Å²) in [5, 5.41) is 13.5. The van der Waals surface area contributed by atoms with Crippen LogP contribution in [-0.2, 0) is 0 Å². The zero-order valence-corrected chi connectivity index (χ0v) is 14.7. The lowest BCUT2D eigenvalue weighted by molar-refractivity contribution is 0.135. The number of rotatable bonds is 13. The first-order valence-corrected chi connectivity index (χ1v) is 8.81. The van der Waals surface area contributed by atoms with E-state index in [4.69, 9.17) is 0 Å². The van der Waals surface area contributed by atoms with E-state index in [1.165, 1.54) is 32.2 Å². The second-order valence-electron chi connectivity index (χ2n) is 6.96. The molecule has 4 nitrogen and oxygen atoms in total. The Hall–Kier alpha value is -0.160. The van der Waals surface area contributed by atoms with E-state index in [-0.39, 0.29) is 12.1 Å². The molecule has 126 valence electrons. The van der Waals surface area contributed by atoms with Gasteiger partial charge in [-0.15, -0.1) is 0 Å². The largest absolute Gasteiger partial charge is 0.394 e. The Balaban J connectivity index is 2.34. The summed E-state index contributed by atoms with van der Waals surface area (Å²) in [4.78, 5) is 4.82. The van der Waals surface area contributed by atoms with Gasteiger partial charge in [0.25, 0.3) is 0 Å². The SMILES string of the molecule is CCCN(CCCC(CC)(CO)NC1CC1)CCN(C)C. The zero-order chi connectivity index (χ0) is 15.7. The van der Waals surface area contributed by atoms with Gasteiger partial charge in [0, 0.05) is 24.7 Å². The molecule has 1 atom stereocenters. The maximum absolute atomic E-state index is 9.82. The average molecular weight is 300 g/mol. The maximum atomic E-state index is 9.82. The third-order valence-corrected chi connectivity index (χ3v) is 4.60. The summed E-state index contributed by atoms with van der Waals surface area (Å²) in [5.74, 6) is 0. The van der Waals surface area contributed by atoms with Gasteiger partial charge in [0.15, 0.2) is 0 Å². The lowest BCUT2D eigenvalue weighted by atomic mass is 9.91. The highest BCUT2D eigenvalue weighted by atomic mass is 16.3. The number of hydrogen-bond donors (Lipinski definition) is 2. The molecular weight excluding hydrogens is 262 g/mol. The van der Waals surface area contributed by atoms with Gasteiger partial charge in [-0.2, -0.15) is 0 Å². The van der Waals surface area contributed by atoms with Crippen molar-refractivity contribution in [3.63, 3.8) is 0 Å². The van der Waals surface area contributed by atoms with Crippen molar-refractivity contribution in [3.8, 4) is 0 Å². The van der Waals surface area contributed by atoms with Crippen molar-refractivity contribution in [2.45, 2.75) is 64.0 Å². The van der Waals surface area contributed by atoms with Crippen molar-refractivity contribution in [1.29, 1.82) is 0 Å². The zero-order valence-electron chi connectivity index (χ0n) is 14.7. The quantitative estimate of drug-likeness (QED) is 0.545. The maximum Gasteiger partial charge on any atom is 0.0613 e. The van der Waals surface area contributed by atoms with Gasteiger partial charge < -0.3 is 20.2 Å². The van der Waals surface area contributed by atoms with E-state index in [0.717, 1.165) is 32.5 Å². The molecule has 0 amide bonds. The first-order chi connectivity index (χ1) is 10.0. The molecule has 21 heavy (non-hydrogen) atoms. The fourth-order valence-corrected chi connectivity index (χ4v) is 2.88. The van der Waals surface area contributed by atoms with Crippen molar-refractivity contribution < 1.29 is 5.11 Å². The summed E-state index contributed by atoms with van der Waals surface area (Å²) in [6.07, 6.45) is 7.05. The molecule has 1 unspecified atom stereocenters. The molecule has 0 spiro atoms. The number of aliphatic hydroxyl groups is 1. The normalized spacial score (nSPS) is 18.4. The number of hydrogen-bond acceptors (Lipinski definition) is 4. The summed E-state index contributed by atoms with van der Waals surface area (Å²) in [7, 11) is 4.27. The van der Waals surface area contributed by atoms with Gasteiger partial charge in [0.1, 0.15) is 0 Å². The Morgan fingerprint density at radius 3 is 2.29 bits per heavy atom. The Bertz CT molecular complexity index is 263. The minimum atomic E-state index is -0.0411. The molecule has 1 fully saturated rings. The minimum Gasteiger partial charge on any atom is -0.394 e. The van der Waals surface area contributed by atoms with Crippen molar-refractivity contribution in [2.24, 2.45) is 0 Å². The Morgan fingerprint density at radius 2 is 1.81 bits per heavy atom. The predicted octanol–water partition coefficient (Wildman–Crippen LogP) is 1.93. The predicted molar refractivity (Wildman–Crippen MR) is 90.8 cm³/mol. The van der Waals surface area contributed by atoms with Crippen molar-refractivity contribution in [1.82, 2.24) is 15.1 Å². The molecule has 0 aromatic heterocycles. The topological polar surface area (TPSA) is 38.7 Å². The van der Waals surface area contributed by atoms with Gasteiger partial charge in [-0.1, -0.05) is 13.8 Å². The molecule has 1 aliphatic rings. The fraction of sp³-hybridized carbons (Fsp3) is 1.00. The number of nitrogens with one attached hydrogen (secondary N) is 1. The summed E-state index contributed by atoms with van der Waals surface area (Å²) in [6, 6.07) is 0.664. The lowest BCUT2D eigenvalue weighted by Crippen LogP contribution is -2.49. The third kappa shape index (κ3) is 7.59. The van der Waals surface area contributed by atoms with Crippen LogP contribution in [0.5, 0.6) is 0 Å². The molecule has 0 aromatic carbocycles. The van der Waals surface area contributed by atoms with Crippen LogP contribution in [0.4, 0.5) is 0 Å². The molecule has 1 saturated carbocycles.